The highest BCUT2D eigenvalue weighted by Crippen LogP contribution is 2.20. The maximum atomic E-state index is 12.9. The Morgan fingerprint density at radius 3 is 2.15 bits per heavy atom. The van der Waals surface area contributed by atoms with Crippen LogP contribution in [0.15, 0.2) is 42.5 Å². The van der Waals surface area contributed by atoms with Gasteiger partial charge < -0.3 is 14.5 Å². The second-order valence-electron chi connectivity index (χ2n) is 6.94. The van der Waals surface area contributed by atoms with Gasteiger partial charge >= 0.3 is 0 Å². The maximum absolute atomic E-state index is 12.9. The Morgan fingerprint density at radius 2 is 1.52 bits per heavy atom. The van der Waals surface area contributed by atoms with Gasteiger partial charge in [-0.2, -0.15) is 0 Å². The number of hydrogen-bond acceptors (Lipinski definition) is 3. The summed E-state index contributed by atoms with van der Waals surface area (Å²) in [6.07, 6.45) is 0.776. The molecule has 1 heterocycles. The van der Waals surface area contributed by atoms with Crippen LogP contribution in [0.1, 0.15) is 38.3 Å². The Balaban J connectivity index is 1.69. The molecule has 0 radical (unpaired) electrons. The van der Waals surface area contributed by atoms with Crippen LogP contribution in [0.4, 0.5) is 0 Å². The average molecular weight is 366 g/mol. The average Bonchev–Trinajstić information content (AvgIpc) is 2.93. The minimum Gasteiger partial charge on any atom is -0.496 e. The second kappa shape index (κ2) is 8.25. The number of hydrogen-bond donors (Lipinski definition) is 0. The van der Waals surface area contributed by atoms with Crippen LogP contribution in [0.2, 0.25) is 0 Å². The van der Waals surface area contributed by atoms with Gasteiger partial charge in [0.2, 0.25) is 0 Å². The van der Waals surface area contributed by atoms with E-state index in [1.165, 1.54) is 0 Å². The number of benzene rings is 2. The zero-order valence-corrected chi connectivity index (χ0v) is 16.2. The highest BCUT2D eigenvalue weighted by molar-refractivity contribution is 5.96. The van der Waals surface area contributed by atoms with Crippen molar-refractivity contribution in [3.05, 3.63) is 64.7 Å². The van der Waals surface area contributed by atoms with E-state index in [9.17, 15) is 9.59 Å². The lowest BCUT2D eigenvalue weighted by molar-refractivity contribution is 0.0718. The minimum atomic E-state index is 0.00550. The van der Waals surface area contributed by atoms with Crippen LogP contribution in [0.5, 0.6) is 5.75 Å². The molecule has 1 saturated heterocycles. The normalized spacial score (nSPS) is 14.6. The molecule has 0 unspecified atom stereocenters. The third-order valence-electron chi connectivity index (χ3n) is 5.09. The molecule has 2 aromatic carbocycles. The number of rotatable bonds is 3. The van der Waals surface area contributed by atoms with Crippen molar-refractivity contribution >= 4 is 11.8 Å². The third kappa shape index (κ3) is 4.13. The lowest BCUT2D eigenvalue weighted by atomic mass is 10.1. The maximum Gasteiger partial charge on any atom is 0.254 e. The third-order valence-corrected chi connectivity index (χ3v) is 5.09. The van der Waals surface area contributed by atoms with Crippen molar-refractivity contribution in [3.63, 3.8) is 0 Å². The number of carbonyl (C=O) groups excluding carboxylic acids is 2. The zero-order chi connectivity index (χ0) is 19.4. The number of carbonyl (C=O) groups is 2. The van der Waals surface area contributed by atoms with Gasteiger partial charge in [-0.3, -0.25) is 9.59 Å². The van der Waals surface area contributed by atoms with Gasteiger partial charge in [0, 0.05) is 37.3 Å². The standard InChI is InChI=1S/C22H26N2O3/c1-16-7-4-5-8-19(16)22(26)24-12-6-11-23(13-14-24)21(25)18-9-10-20(27-3)17(2)15-18/h4-5,7-10,15H,6,11-14H2,1-3H3. The first kappa shape index (κ1) is 19.0. The molecule has 0 aromatic heterocycles. The number of nitrogens with zero attached hydrogens (tertiary/aromatic N) is 2. The van der Waals surface area contributed by atoms with E-state index >= 15 is 0 Å². The summed E-state index contributed by atoms with van der Waals surface area (Å²) in [5.74, 6) is 0.825. The lowest BCUT2D eigenvalue weighted by Crippen LogP contribution is -2.37. The molecule has 2 amide bonds. The quantitative estimate of drug-likeness (QED) is 0.837. The van der Waals surface area contributed by atoms with E-state index in [-0.39, 0.29) is 11.8 Å². The van der Waals surface area contributed by atoms with E-state index in [1.54, 1.807) is 13.2 Å². The smallest absolute Gasteiger partial charge is 0.254 e. The van der Waals surface area contributed by atoms with Gasteiger partial charge in [-0.1, -0.05) is 18.2 Å². The molecule has 27 heavy (non-hydrogen) atoms. The van der Waals surface area contributed by atoms with Gasteiger partial charge in [-0.25, -0.2) is 0 Å². The fraction of sp³-hybridized carbons (Fsp3) is 0.364. The highest BCUT2D eigenvalue weighted by atomic mass is 16.5. The Bertz CT molecular complexity index is 847. The summed E-state index contributed by atoms with van der Waals surface area (Å²) < 4.78 is 5.27. The molecule has 5 heteroatoms. The monoisotopic (exact) mass is 366 g/mol. The van der Waals surface area contributed by atoms with E-state index in [0.29, 0.717) is 31.7 Å². The van der Waals surface area contributed by atoms with Crippen LogP contribution in [0.25, 0.3) is 0 Å². The fourth-order valence-electron chi connectivity index (χ4n) is 3.50. The van der Waals surface area contributed by atoms with E-state index < -0.39 is 0 Å². The summed E-state index contributed by atoms with van der Waals surface area (Å²) in [4.78, 5) is 29.4. The molecule has 0 bridgehead atoms. The first-order valence-corrected chi connectivity index (χ1v) is 9.30. The summed E-state index contributed by atoms with van der Waals surface area (Å²) in [6.45, 7) is 6.29. The molecule has 1 fully saturated rings. The van der Waals surface area contributed by atoms with Crippen molar-refractivity contribution in [3.8, 4) is 5.75 Å². The first-order valence-electron chi connectivity index (χ1n) is 9.30. The molecule has 142 valence electrons. The Kier molecular flexibility index (Phi) is 5.79. The molecule has 0 N–H and O–H groups in total. The molecule has 3 rings (SSSR count). The molecule has 0 aliphatic carbocycles. The zero-order valence-electron chi connectivity index (χ0n) is 16.2. The fourth-order valence-corrected chi connectivity index (χ4v) is 3.50. The van der Waals surface area contributed by atoms with Gasteiger partial charge in [-0.15, -0.1) is 0 Å². The minimum absolute atomic E-state index is 0.00550. The van der Waals surface area contributed by atoms with Crippen molar-refractivity contribution in [2.24, 2.45) is 0 Å². The van der Waals surface area contributed by atoms with E-state index in [4.69, 9.17) is 4.74 Å². The van der Waals surface area contributed by atoms with Crippen molar-refractivity contribution in [1.82, 2.24) is 9.80 Å². The molecular formula is C22H26N2O3. The van der Waals surface area contributed by atoms with Crippen LogP contribution >= 0.6 is 0 Å². The van der Waals surface area contributed by atoms with Gasteiger partial charge in [-0.05, 0) is 55.7 Å². The summed E-state index contributed by atoms with van der Waals surface area (Å²) in [5.41, 5.74) is 3.32. The predicted octanol–water partition coefficient (Wildman–Crippen LogP) is 3.30. The van der Waals surface area contributed by atoms with Crippen molar-refractivity contribution in [2.45, 2.75) is 20.3 Å². The summed E-state index contributed by atoms with van der Waals surface area (Å²) >= 11 is 0. The van der Waals surface area contributed by atoms with Crippen LogP contribution in [0.3, 0.4) is 0 Å². The van der Waals surface area contributed by atoms with Gasteiger partial charge in [0.25, 0.3) is 11.8 Å². The number of ether oxygens (including phenoxy) is 1. The Labute approximate surface area is 160 Å². The summed E-state index contributed by atoms with van der Waals surface area (Å²) in [5, 5.41) is 0. The largest absolute Gasteiger partial charge is 0.496 e. The van der Waals surface area contributed by atoms with Crippen molar-refractivity contribution in [1.29, 1.82) is 0 Å². The molecule has 1 aliphatic heterocycles. The van der Waals surface area contributed by atoms with Crippen LogP contribution in [0, 0.1) is 13.8 Å². The van der Waals surface area contributed by atoms with Gasteiger partial charge in [0.15, 0.2) is 0 Å². The Hall–Kier alpha value is -2.82. The van der Waals surface area contributed by atoms with E-state index in [2.05, 4.69) is 0 Å². The van der Waals surface area contributed by atoms with Crippen LogP contribution < -0.4 is 4.74 Å². The highest BCUT2D eigenvalue weighted by Gasteiger charge is 2.24. The van der Waals surface area contributed by atoms with Crippen LogP contribution in [-0.4, -0.2) is 54.9 Å². The van der Waals surface area contributed by atoms with Crippen molar-refractivity contribution < 1.29 is 14.3 Å². The van der Waals surface area contributed by atoms with Crippen LogP contribution in [-0.2, 0) is 0 Å². The van der Waals surface area contributed by atoms with Crippen molar-refractivity contribution in [2.75, 3.05) is 33.3 Å². The molecule has 5 nitrogen and oxygen atoms in total. The van der Waals surface area contributed by atoms with Gasteiger partial charge in [0.1, 0.15) is 5.75 Å². The van der Waals surface area contributed by atoms with Gasteiger partial charge in [0.05, 0.1) is 7.11 Å². The summed E-state index contributed by atoms with van der Waals surface area (Å²) in [7, 11) is 1.62. The summed E-state index contributed by atoms with van der Waals surface area (Å²) in [6, 6.07) is 13.1. The topological polar surface area (TPSA) is 49.9 Å². The molecule has 0 atom stereocenters. The molecule has 2 aromatic rings. The molecule has 1 aliphatic rings. The lowest BCUT2D eigenvalue weighted by Gasteiger charge is -2.23. The number of aryl methyl sites for hydroxylation is 2. The second-order valence-corrected chi connectivity index (χ2v) is 6.94. The predicted molar refractivity (Wildman–Crippen MR) is 105 cm³/mol. The first-order chi connectivity index (χ1) is 13.0. The molecule has 0 spiro atoms. The molecule has 0 saturated carbocycles. The Morgan fingerprint density at radius 1 is 0.852 bits per heavy atom. The number of amides is 2. The van der Waals surface area contributed by atoms with E-state index in [0.717, 1.165) is 28.9 Å². The van der Waals surface area contributed by atoms with E-state index in [1.807, 2.05) is 60.0 Å². The number of methoxy groups -OCH3 is 1. The SMILES string of the molecule is COc1ccc(C(=O)N2CCCN(C(=O)c3ccccc3C)CC2)cc1C. The molecular weight excluding hydrogens is 340 g/mol.